The van der Waals surface area contributed by atoms with Crippen molar-refractivity contribution in [3.63, 3.8) is 0 Å². The second-order valence-electron chi connectivity index (χ2n) is 5.78. The van der Waals surface area contributed by atoms with Gasteiger partial charge in [0.15, 0.2) is 16.6 Å². The third-order valence-electron chi connectivity index (χ3n) is 3.57. The van der Waals surface area contributed by atoms with Gasteiger partial charge in [-0.05, 0) is 55.4 Å². The van der Waals surface area contributed by atoms with Crippen LogP contribution in [0.15, 0.2) is 60.2 Å². The van der Waals surface area contributed by atoms with Crippen LogP contribution in [-0.4, -0.2) is 24.5 Å². The van der Waals surface area contributed by atoms with Crippen LogP contribution in [0, 0.1) is 6.92 Å². The van der Waals surface area contributed by atoms with Crippen LogP contribution in [0.25, 0.3) is 0 Å². The number of nitrogens with one attached hydrogen (secondary N) is 2. The van der Waals surface area contributed by atoms with Gasteiger partial charge < -0.3 is 14.8 Å². The highest BCUT2D eigenvalue weighted by Crippen LogP contribution is 2.28. The van der Waals surface area contributed by atoms with Gasteiger partial charge in [0, 0.05) is 6.54 Å². The van der Waals surface area contributed by atoms with Gasteiger partial charge in [-0.3, -0.25) is 5.43 Å². The minimum atomic E-state index is 0.439. The highest BCUT2D eigenvalue weighted by molar-refractivity contribution is 7.80. The first kappa shape index (κ1) is 20.5. The molecule has 2 aromatic rings. The molecule has 2 aromatic carbocycles. The summed E-state index contributed by atoms with van der Waals surface area (Å²) < 4.78 is 11.6. The molecule has 0 aromatic heterocycles. The van der Waals surface area contributed by atoms with Crippen LogP contribution < -0.4 is 20.2 Å². The molecule has 0 fully saturated rings. The topological polar surface area (TPSA) is 54.9 Å². The molecule has 0 radical (unpaired) electrons. The zero-order valence-electron chi connectivity index (χ0n) is 15.7. The summed E-state index contributed by atoms with van der Waals surface area (Å²) in [6, 6.07) is 14.0. The molecule has 27 heavy (non-hydrogen) atoms. The van der Waals surface area contributed by atoms with Gasteiger partial charge in [-0.15, -0.1) is 6.58 Å². The normalized spacial score (nSPS) is 10.4. The van der Waals surface area contributed by atoms with E-state index in [-0.39, 0.29) is 0 Å². The average Bonchev–Trinajstić information content (AvgIpc) is 2.67. The molecular formula is C21H25N3O2S. The van der Waals surface area contributed by atoms with Crippen molar-refractivity contribution >= 4 is 23.5 Å². The number of thiocarbonyl (C=S) groups is 1. The Morgan fingerprint density at radius 1 is 1.15 bits per heavy atom. The van der Waals surface area contributed by atoms with E-state index in [9.17, 15) is 0 Å². The number of nitrogens with zero attached hydrogens (tertiary/aromatic N) is 1. The molecule has 0 unspecified atom stereocenters. The van der Waals surface area contributed by atoms with E-state index >= 15 is 0 Å². The maximum atomic E-state index is 5.93. The molecule has 0 aliphatic carbocycles. The zero-order chi connectivity index (χ0) is 19.5. The molecule has 142 valence electrons. The molecule has 0 spiro atoms. The smallest absolute Gasteiger partial charge is 0.187 e. The second kappa shape index (κ2) is 11.0. The molecule has 0 aliphatic heterocycles. The van der Waals surface area contributed by atoms with Crippen molar-refractivity contribution in [1.82, 2.24) is 10.7 Å². The number of benzene rings is 2. The number of hydrazone groups is 1. The molecular weight excluding hydrogens is 358 g/mol. The Hall–Kier alpha value is -2.86. The number of ether oxygens (including phenoxy) is 2. The minimum Gasteiger partial charge on any atom is -0.490 e. The van der Waals surface area contributed by atoms with Crippen LogP contribution in [0.1, 0.15) is 23.6 Å². The van der Waals surface area contributed by atoms with Gasteiger partial charge in [0.2, 0.25) is 0 Å². The molecule has 2 rings (SSSR count). The molecule has 0 bridgehead atoms. The van der Waals surface area contributed by atoms with Crippen LogP contribution in [-0.2, 0) is 6.61 Å². The van der Waals surface area contributed by atoms with E-state index in [0.29, 0.717) is 36.4 Å². The van der Waals surface area contributed by atoms with E-state index < -0.39 is 0 Å². The van der Waals surface area contributed by atoms with E-state index in [1.165, 1.54) is 5.56 Å². The third kappa shape index (κ3) is 7.11. The van der Waals surface area contributed by atoms with Crippen LogP contribution in [0.2, 0.25) is 0 Å². The van der Waals surface area contributed by atoms with Gasteiger partial charge in [-0.1, -0.05) is 35.9 Å². The SMILES string of the molecule is C=CCNC(=S)N/N=C/c1ccc(OCc2ccc(C)cc2)c(OCC)c1. The molecule has 0 saturated heterocycles. The Bertz CT molecular complexity index is 789. The molecule has 2 N–H and O–H groups in total. The van der Waals surface area contributed by atoms with E-state index in [0.717, 1.165) is 11.1 Å². The molecule has 0 saturated carbocycles. The summed E-state index contributed by atoms with van der Waals surface area (Å²) in [5, 5.41) is 7.50. The molecule has 0 atom stereocenters. The maximum Gasteiger partial charge on any atom is 0.187 e. The predicted molar refractivity (Wildman–Crippen MR) is 115 cm³/mol. The van der Waals surface area contributed by atoms with E-state index in [1.807, 2.05) is 25.1 Å². The third-order valence-corrected chi connectivity index (χ3v) is 3.80. The van der Waals surface area contributed by atoms with Crippen molar-refractivity contribution in [3.05, 3.63) is 71.8 Å². The summed E-state index contributed by atoms with van der Waals surface area (Å²) >= 11 is 5.08. The number of rotatable bonds is 9. The highest BCUT2D eigenvalue weighted by atomic mass is 32.1. The van der Waals surface area contributed by atoms with Gasteiger partial charge in [0.1, 0.15) is 6.61 Å². The molecule has 0 aliphatic rings. The Kier molecular flexibility index (Phi) is 8.32. The van der Waals surface area contributed by atoms with Gasteiger partial charge in [-0.2, -0.15) is 5.10 Å². The Morgan fingerprint density at radius 3 is 2.63 bits per heavy atom. The van der Waals surface area contributed by atoms with Crippen molar-refractivity contribution in [3.8, 4) is 11.5 Å². The molecule has 5 nitrogen and oxygen atoms in total. The summed E-state index contributed by atoms with van der Waals surface area (Å²) in [5.74, 6) is 1.38. The zero-order valence-corrected chi connectivity index (χ0v) is 16.5. The summed E-state index contributed by atoms with van der Waals surface area (Å²) in [6.45, 7) is 9.25. The van der Waals surface area contributed by atoms with Crippen LogP contribution in [0.3, 0.4) is 0 Å². The van der Waals surface area contributed by atoms with Gasteiger partial charge in [0.05, 0.1) is 12.8 Å². The van der Waals surface area contributed by atoms with Crippen molar-refractivity contribution < 1.29 is 9.47 Å². The molecule has 6 heteroatoms. The largest absolute Gasteiger partial charge is 0.490 e. The summed E-state index contributed by atoms with van der Waals surface area (Å²) in [7, 11) is 0. The lowest BCUT2D eigenvalue weighted by Crippen LogP contribution is -2.31. The van der Waals surface area contributed by atoms with Crippen molar-refractivity contribution in [2.24, 2.45) is 5.10 Å². The van der Waals surface area contributed by atoms with Crippen molar-refractivity contribution in [1.29, 1.82) is 0 Å². The van der Waals surface area contributed by atoms with Gasteiger partial charge in [0.25, 0.3) is 0 Å². The monoisotopic (exact) mass is 383 g/mol. The lowest BCUT2D eigenvalue weighted by atomic mass is 10.2. The lowest BCUT2D eigenvalue weighted by Gasteiger charge is -2.13. The van der Waals surface area contributed by atoms with E-state index in [1.54, 1.807) is 12.3 Å². The summed E-state index contributed by atoms with van der Waals surface area (Å²) in [4.78, 5) is 0. The number of aryl methyl sites for hydroxylation is 1. The predicted octanol–water partition coefficient (Wildman–Crippen LogP) is 3.96. The fraction of sp³-hybridized carbons (Fsp3) is 0.238. The first-order chi connectivity index (χ1) is 13.1. The van der Waals surface area contributed by atoms with Crippen LogP contribution >= 0.6 is 12.2 Å². The molecule has 0 heterocycles. The Balaban J connectivity index is 2.01. The summed E-state index contributed by atoms with van der Waals surface area (Å²) in [5.41, 5.74) is 5.96. The Morgan fingerprint density at radius 2 is 1.93 bits per heavy atom. The van der Waals surface area contributed by atoms with Crippen molar-refractivity contribution in [2.45, 2.75) is 20.5 Å². The first-order valence-corrected chi connectivity index (χ1v) is 9.16. The fourth-order valence-corrected chi connectivity index (χ4v) is 2.34. The standard InChI is InChI=1S/C21H25N3O2S/c1-4-12-22-21(27)24-23-14-18-10-11-19(20(13-18)25-5-2)26-15-17-8-6-16(3)7-9-17/h4,6-11,13-14H,1,5,12,15H2,2-3H3,(H2,22,24,27)/b23-14+. The van der Waals surface area contributed by atoms with Crippen LogP contribution in [0.5, 0.6) is 11.5 Å². The quantitative estimate of drug-likeness (QED) is 0.297. The van der Waals surface area contributed by atoms with E-state index in [2.05, 4.69) is 53.6 Å². The van der Waals surface area contributed by atoms with Crippen molar-refractivity contribution in [2.75, 3.05) is 13.2 Å². The summed E-state index contributed by atoms with van der Waals surface area (Å²) in [6.07, 6.45) is 3.40. The highest BCUT2D eigenvalue weighted by Gasteiger charge is 2.06. The average molecular weight is 384 g/mol. The lowest BCUT2D eigenvalue weighted by molar-refractivity contribution is 0.269. The van der Waals surface area contributed by atoms with Crippen LogP contribution in [0.4, 0.5) is 0 Å². The Labute approximate surface area is 166 Å². The van der Waals surface area contributed by atoms with Gasteiger partial charge >= 0.3 is 0 Å². The minimum absolute atomic E-state index is 0.439. The van der Waals surface area contributed by atoms with Gasteiger partial charge in [-0.25, -0.2) is 0 Å². The molecule has 0 amide bonds. The second-order valence-corrected chi connectivity index (χ2v) is 6.19. The number of hydrogen-bond donors (Lipinski definition) is 2. The van der Waals surface area contributed by atoms with E-state index in [4.69, 9.17) is 21.7 Å². The first-order valence-electron chi connectivity index (χ1n) is 8.75. The number of hydrogen-bond acceptors (Lipinski definition) is 4. The maximum absolute atomic E-state index is 5.93. The fourth-order valence-electron chi connectivity index (χ4n) is 2.21.